The van der Waals surface area contributed by atoms with Crippen molar-refractivity contribution in [2.75, 3.05) is 6.54 Å². The van der Waals surface area contributed by atoms with Crippen LogP contribution in [0.4, 0.5) is 0 Å². The van der Waals surface area contributed by atoms with Crippen molar-refractivity contribution >= 4 is 5.96 Å². The molecule has 0 bridgehead atoms. The molecule has 12 heavy (non-hydrogen) atoms. The second-order valence-electron chi connectivity index (χ2n) is 3.93. The van der Waals surface area contributed by atoms with Gasteiger partial charge in [-0.2, -0.15) is 0 Å². The summed E-state index contributed by atoms with van der Waals surface area (Å²) in [6, 6.07) is 0. The first-order chi connectivity index (χ1) is 5.68. The van der Waals surface area contributed by atoms with E-state index in [0.29, 0.717) is 0 Å². The fraction of sp³-hybridized carbons (Fsp3) is 0.889. The van der Waals surface area contributed by atoms with Gasteiger partial charge in [-0.05, 0) is 24.7 Å². The third kappa shape index (κ3) is 3.11. The van der Waals surface area contributed by atoms with Crippen LogP contribution in [0.5, 0.6) is 0 Å². The van der Waals surface area contributed by atoms with E-state index in [4.69, 9.17) is 11.1 Å². The van der Waals surface area contributed by atoms with Gasteiger partial charge in [0.05, 0.1) is 0 Å². The van der Waals surface area contributed by atoms with Crippen LogP contribution in [-0.4, -0.2) is 12.5 Å². The molecule has 1 aliphatic rings. The van der Waals surface area contributed by atoms with Crippen molar-refractivity contribution in [2.24, 2.45) is 17.6 Å². The summed E-state index contributed by atoms with van der Waals surface area (Å²) in [6.07, 6.45) is 5.30. The Morgan fingerprint density at radius 3 is 2.92 bits per heavy atom. The Morgan fingerprint density at radius 2 is 2.33 bits per heavy atom. The molecule has 3 heteroatoms. The molecule has 1 rings (SSSR count). The van der Waals surface area contributed by atoms with E-state index >= 15 is 0 Å². The van der Waals surface area contributed by atoms with Crippen LogP contribution in [0, 0.1) is 17.2 Å². The maximum Gasteiger partial charge on any atom is 0.185 e. The molecule has 0 aromatic heterocycles. The molecule has 0 radical (unpaired) electrons. The van der Waals surface area contributed by atoms with Gasteiger partial charge in [0.25, 0.3) is 0 Å². The summed E-state index contributed by atoms with van der Waals surface area (Å²) in [5.74, 6) is 1.70. The van der Waals surface area contributed by atoms with Crippen LogP contribution in [0.3, 0.4) is 0 Å². The van der Waals surface area contributed by atoms with Crippen LogP contribution in [0.15, 0.2) is 0 Å². The van der Waals surface area contributed by atoms with E-state index in [1.807, 2.05) is 0 Å². The lowest BCUT2D eigenvalue weighted by molar-refractivity contribution is 0.282. The van der Waals surface area contributed by atoms with Gasteiger partial charge in [0.15, 0.2) is 5.96 Å². The van der Waals surface area contributed by atoms with E-state index in [-0.39, 0.29) is 5.96 Å². The molecule has 2 unspecified atom stereocenters. The van der Waals surface area contributed by atoms with Gasteiger partial charge in [0.1, 0.15) is 0 Å². The van der Waals surface area contributed by atoms with Gasteiger partial charge in [-0.1, -0.05) is 19.8 Å². The van der Waals surface area contributed by atoms with Crippen molar-refractivity contribution in [1.82, 2.24) is 5.32 Å². The summed E-state index contributed by atoms with van der Waals surface area (Å²) in [4.78, 5) is 0. The van der Waals surface area contributed by atoms with Crippen LogP contribution in [0.2, 0.25) is 0 Å². The topological polar surface area (TPSA) is 61.9 Å². The number of guanidine groups is 1. The van der Waals surface area contributed by atoms with Crippen LogP contribution in [0.25, 0.3) is 0 Å². The summed E-state index contributed by atoms with van der Waals surface area (Å²) in [5.41, 5.74) is 5.22. The molecular weight excluding hydrogens is 150 g/mol. The Kier molecular flexibility index (Phi) is 3.38. The maximum atomic E-state index is 7.03. The molecule has 1 aliphatic carbocycles. The molecule has 1 saturated carbocycles. The highest BCUT2D eigenvalue weighted by Gasteiger charge is 2.18. The van der Waals surface area contributed by atoms with Gasteiger partial charge in [0.2, 0.25) is 0 Å². The van der Waals surface area contributed by atoms with Crippen molar-refractivity contribution in [1.29, 1.82) is 5.41 Å². The summed E-state index contributed by atoms with van der Waals surface area (Å²) in [6.45, 7) is 3.19. The molecule has 0 amide bonds. The molecule has 0 aliphatic heterocycles. The molecular formula is C9H19N3. The predicted octanol–water partition coefficient (Wildman–Crippen LogP) is 1.30. The van der Waals surface area contributed by atoms with Gasteiger partial charge in [-0.3, -0.25) is 5.41 Å². The highest BCUT2D eigenvalue weighted by atomic mass is 15.0. The van der Waals surface area contributed by atoms with Crippen LogP contribution >= 0.6 is 0 Å². The van der Waals surface area contributed by atoms with Crippen molar-refractivity contribution in [3.05, 3.63) is 0 Å². The van der Waals surface area contributed by atoms with Gasteiger partial charge < -0.3 is 11.1 Å². The molecule has 1 fully saturated rings. The average molecular weight is 169 g/mol. The maximum absolute atomic E-state index is 7.03. The molecule has 0 aromatic rings. The smallest absolute Gasteiger partial charge is 0.185 e. The minimum atomic E-state index is 0.105. The van der Waals surface area contributed by atoms with E-state index in [2.05, 4.69) is 12.2 Å². The minimum Gasteiger partial charge on any atom is -0.370 e. The molecule has 3 nitrogen and oxygen atoms in total. The van der Waals surface area contributed by atoms with Gasteiger partial charge in [-0.15, -0.1) is 0 Å². The first-order valence-corrected chi connectivity index (χ1v) is 4.76. The van der Waals surface area contributed by atoms with E-state index in [1.165, 1.54) is 25.7 Å². The van der Waals surface area contributed by atoms with E-state index in [9.17, 15) is 0 Å². The lowest BCUT2D eigenvalue weighted by Crippen LogP contribution is -2.35. The normalized spacial score (nSPS) is 29.8. The zero-order valence-electron chi connectivity index (χ0n) is 7.77. The lowest BCUT2D eigenvalue weighted by Gasteiger charge is -2.26. The zero-order chi connectivity index (χ0) is 8.97. The first-order valence-electron chi connectivity index (χ1n) is 4.76. The molecule has 0 heterocycles. The van der Waals surface area contributed by atoms with E-state index < -0.39 is 0 Å². The Hall–Kier alpha value is -0.730. The molecule has 0 spiro atoms. The number of nitrogens with two attached hydrogens (primary N) is 1. The summed E-state index contributed by atoms with van der Waals surface area (Å²) >= 11 is 0. The zero-order valence-corrected chi connectivity index (χ0v) is 7.77. The van der Waals surface area contributed by atoms with Crippen molar-refractivity contribution in [2.45, 2.75) is 32.6 Å². The van der Waals surface area contributed by atoms with Gasteiger partial charge in [-0.25, -0.2) is 0 Å². The van der Waals surface area contributed by atoms with Crippen molar-refractivity contribution < 1.29 is 0 Å². The lowest BCUT2D eigenvalue weighted by atomic mass is 9.82. The third-order valence-electron chi connectivity index (χ3n) is 2.63. The molecule has 0 aromatic carbocycles. The number of hydrogen-bond acceptors (Lipinski definition) is 1. The Balaban J connectivity index is 2.18. The molecule has 4 N–H and O–H groups in total. The highest BCUT2D eigenvalue weighted by Crippen LogP contribution is 2.27. The first kappa shape index (κ1) is 9.36. The number of rotatable bonds is 2. The standard InChI is InChI=1S/C9H19N3/c1-7-3-2-4-8(5-7)6-12-9(10)11/h7-8H,2-6H2,1H3,(H4,10,11,12). The summed E-state index contributed by atoms with van der Waals surface area (Å²) in [5, 5.41) is 9.93. The van der Waals surface area contributed by atoms with Gasteiger partial charge >= 0.3 is 0 Å². The largest absolute Gasteiger partial charge is 0.370 e. The van der Waals surface area contributed by atoms with Crippen molar-refractivity contribution in [3.63, 3.8) is 0 Å². The summed E-state index contributed by atoms with van der Waals surface area (Å²) < 4.78 is 0. The average Bonchev–Trinajstić information content (AvgIpc) is 2.01. The number of hydrogen-bond donors (Lipinski definition) is 3. The fourth-order valence-electron chi connectivity index (χ4n) is 2.00. The second-order valence-corrected chi connectivity index (χ2v) is 3.93. The third-order valence-corrected chi connectivity index (χ3v) is 2.63. The van der Waals surface area contributed by atoms with Gasteiger partial charge in [0, 0.05) is 6.54 Å². The van der Waals surface area contributed by atoms with E-state index in [1.54, 1.807) is 0 Å². The second kappa shape index (κ2) is 4.33. The monoisotopic (exact) mass is 169 g/mol. The fourth-order valence-corrected chi connectivity index (χ4v) is 2.00. The molecule has 2 atom stereocenters. The predicted molar refractivity (Wildman–Crippen MR) is 51.0 cm³/mol. The SMILES string of the molecule is CC1CCCC(CNC(=N)N)C1. The van der Waals surface area contributed by atoms with Crippen LogP contribution in [0.1, 0.15) is 32.6 Å². The van der Waals surface area contributed by atoms with Crippen molar-refractivity contribution in [3.8, 4) is 0 Å². The van der Waals surface area contributed by atoms with Crippen LogP contribution < -0.4 is 11.1 Å². The molecule has 70 valence electrons. The Labute approximate surface area is 74.2 Å². The van der Waals surface area contributed by atoms with Crippen LogP contribution in [-0.2, 0) is 0 Å². The minimum absolute atomic E-state index is 0.105. The highest BCUT2D eigenvalue weighted by molar-refractivity contribution is 5.74. The van der Waals surface area contributed by atoms with E-state index in [0.717, 1.165) is 18.4 Å². The Bertz CT molecular complexity index is 156. The molecule has 0 saturated heterocycles. The quantitative estimate of drug-likeness (QED) is 0.431. The number of nitrogens with one attached hydrogen (secondary N) is 2. The summed E-state index contributed by atoms with van der Waals surface area (Å²) in [7, 11) is 0. The Morgan fingerprint density at radius 1 is 1.58 bits per heavy atom.